The fourth-order valence-corrected chi connectivity index (χ4v) is 6.69. The average Bonchev–Trinajstić information content (AvgIpc) is 3.08. The summed E-state index contributed by atoms with van der Waals surface area (Å²) in [6.07, 6.45) is 0.767. The minimum Gasteiger partial charge on any atom is -0.296 e. The summed E-state index contributed by atoms with van der Waals surface area (Å²) >= 11 is 1.45. The van der Waals surface area contributed by atoms with Crippen LogP contribution in [-0.2, 0) is 16.4 Å². The number of hydrogen-bond donors (Lipinski definition) is 0. The molecule has 0 amide bonds. The SMILES string of the molecule is Cc1csc2nc(CN3C[C@@H]4CCS(=O)(=O)[C@@H]4C3)cc(=O)n12. The van der Waals surface area contributed by atoms with E-state index in [0.29, 0.717) is 23.8 Å². The van der Waals surface area contributed by atoms with Crippen molar-refractivity contribution in [3.8, 4) is 0 Å². The molecule has 6 nitrogen and oxygen atoms in total. The molecule has 2 fully saturated rings. The molecule has 0 bridgehead atoms. The van der Waals surface area contributed by atoms with Crippen LogP contribution < -0.4 is 5.56 Å². The van der Waals surface area contributed by atoms with Crippen LogP contribution in [0.2, 0.25) is 0 Å². The van der Waals surface area contributed by atoms with E-state index in [2.05, 4.69) is 9.88 Å². The second-order valence-corrected chi connectivity index (χ2v) is 9.41. The fourth-order valence-electron chi connectivity index (χ4n) is 3.62. The van der Waals surface area contributed by atoms with Crippen LogP contribution in [0.1, 0.15) is 17.8 Å². The van der Waals surface area contributed by atoms with Gasteiger partial charge in [0.15, 0.2) is 14.8 Å². The highest BCUT2D eigenvalue weighted by atomic mass is 32.2. The Labute approximate surface area is 132 Å². The van der Waals surface area contributed by atoms with Gasteiger partial charge < -0.3 is 0 Å². The maximum absolute atomic E-state index is 12.2. The van der Waals surface area contributed by atoms with Crippen molar-refractivity contribution in [3.05, 3.63) is 33.2 Å². The van der Waals surface area contributed by atoms with Crippen LogP contribution in [0.3, 0.4) is 0 Å². The monoisotopic (exact) mass is 339 g/mol. The van der Waals surface area contributed by atoms with Gasteiger partial charge in [-0.2, -0.15) is 0 Å². The van der Waals surface area contributed by atoms with Gasteiger partial charge in [-0.3, -0.25) is 14.1 Å². The van der Waals surface area contributed by atoms with Crippen LogP contribution in [0.25, 0.3) is 4.96 Å². The molecule has 22 heavy (non-hydrogen) atoms. The Morgan fingerprint density at radius 1 is 1.41 bits per heavy atom. The van der Waals surface area contributed by atoms with E-state index in [4.69, 9.17) is 0 Å². The van der Waals surface area contributed by atoms with Gasteiger partial charge in [0.1, 0.15) is 0 Å². The van der Waals surface area contributed by atoms with E-state index in [9.17, 15) is 13.2 Å². The summed E-state index contributed by atoms with van der Waals surface area (Å²) in [4.78, 5) is 19.5. The normalized spacial score (nSPS) is 27.5. The lowest BCUT2D eigenvalue weighted by atomic mass is 10.1. The predicted octanol–water partition coefficient (Wildman–Crippen LogP) is 0.683. The van der Waals surface area contributed by atoms with Crippen molar-refractivity contribution in [1.29, 1.82) is 0 Å². The van der Waals surface area contributed by atoms with Crippen molar-refractivity contribution < 1.29 is 8.42 Å². The van der Waals surface area contributed by atoms with Gasteiger partial charge in [-0.05, 0) is 19.3 Å². The Morgan fingerprint density at radius 3 is 3.00 bits per heavy atom. The van der Waals surface area contributed by atoms with Gasteiger partial charge in [0, 0.05) is 36.8 Å². The van der Waals surface area contributed by atoms with Gasteiger partial charge >= 0.3 is 0 Å². The molecule has 0 unspecified atom stereocenters. The van der Waals surface area contributed by atoms with Crippen molar-refractivity contribution in [3.63, 3.8) is 0 Å². The molecular formula is C14H17N3O3S2. The average molecular weight is 339 g/mol. The molecular weight excluding hydrogens is 322 g/mol. The fraction of sp³-hybridized carbons (Fsp3) is 0.571. The molecule has 2 aliphatic rings. The van der Waals surface area contributed by atoms with E-state index in [1.165, 1.54) is 11.3 Å². The summed E-state index contributed by atoms with van der Waals surface area (Å²) in [7, 11) is -2.91. The number of fused-ring (bicyclic) bond motifs is 2. The first-order valence-electron chi connectivity index (χ1n) is 7.35. The first kappa shape index (κ1) is 14.3. The van der Waals surface area contributed by atoms with E-state index in [-0.39, 0.29) is 16.7 Å². The van der Waals surface area contributed by atoms with E-state index in [1.54, 1.807) is 10.5 Å². The summed E-state index contributed by atoms with van der Waals surface area (Å²) in [6, 6.07) is 1.56. The molecule has 2 aromatic heterocycles. The second-order valence-electron chi connectivity index (χ2n) is 6.23. The molecule has 0 radical (unpaired) electrons. The summed E-state index contributed by atoms with van der Waals surface area (Å²) in [5.41, 5.74) is 1.56. The van der Waals surface area contributed by atoms with Gasteiger partial charge in [-0.25, -0.2) is 13.4 Å². The van der Waals surface area contributed by atoms with Crippen molar-refractivity contribution >= 4 is 26.1 Å². The summed E-state index contributed by atoms with van der Waals surface area (Å²) in [6.45, 7) is 3.79. The largest absolute Gasteiger partial charge is 0.296 e. The van der Waals surface area contributed by atoms with Crippen LogP contribution in [0, 0.1) is 12.8 Å². The zero-order valence-electron chi connectivity index (χ0n) is 12.2. The standard InChI is InChI=1S/C14H17N3O3S2/c1-9-8-21-14-15-11(4-13(18)17(9)14)6-16-5-10-2-3-22(19,20)12(10)7-16/h4,8,10,12H,2-3,5-7H2,1H3/t10-,12+/m0/s1. The third kappa shape index (κ3) is 2.21. The third-order valence-electron chi connectivity index (χ3n) is 4.71. The van der Waals surface area contributed by atoms with Gasteiger partial charge in [0.05, 0.1) is 16.7 Å². The molecule has 8 heteroatoms. The molecule has 4 heterocycles. The van der Waals surface area contributed by atoms with E-state index >= 15 is 0 Å². The first-order chi connectivity index (χ1) is 10.4. The van der Waals surface area contributed by atoms with Gasteiger partial charge in [-0.15, -0.1) is 11.3 Å². The topological polar surface area (TPSA) is 71.8 Å². The van der Waals surface area contributed by atoms with Gasteiger partial charge in [-0.1, -0.05) is 0 Å². The Bertz CT molecular complexity index is 900. The zero-order valence-corrected chi connectivity index (χ0v) is 13.9. The molecule has 0 aromatic carbocycles. The van der Waals surface area contributed by atoms with Crippen molar-refractivity contribution in [2.45, 2.75) is 25.1 Å². The molecule has 2 aliphatic heterocycles. The molecule has 2 saturated heterocycles. The number of sulfone groups is 1. The molecule has 0 spiro atoms. The van der Waals surface area contributed by atoms with Crippen molar-refractivity contribution in [1.82, 2.24) is 14.3 Å². The molecule has 2 aromatic rings. The third-order valence-corrected chi connectivity index (χ3v) is 7.91. The van der Waals surface area contributed by atoms with Crippen LogP contribution in [0.15, 0.2) is 16.2 Å². The highest BCUT2D eigenvalue weighted by molar-refractivity contribution is 7.92. The molecule has 0 aliphatic carbocycles. The number of nitrogens with zero attached hydrogens (tertiary/aromatic N) is 3. The number of likely N-dealkylation sites (tertiary alicyclic amines) is 1. The summed E-state index contributed by atoms with van der Waals surface area (Å²) < 4.78 is 25.6. The highest BCUT2D eigenvalue weighted by Crippen LogP contribution is 2.34. The summed E-state index contributed by atoms with van der Waals surface area (Å²) in [5, 5.41) is 1.70. The van der Waals surface area contributed by atoms with Gasteiger partial charge in [0.2, 0.25) is 0 Å². The lowest BCUT2D eigenvalue weighted by Gasteiger charge is -2.15. The maximum atomic E-state index is 12.2. The number of thiazole rings is 1. The Morgan fingerprint density at radius 2 is 2.23 bits per heavy atom. The smallest absolute Gasteiger partial charge is 0.259 e. The molecule has 0 saturated carbocycles. The van der Waals surface area contributed by atoms with Crippen molar-refractivity contribution in [2.24, 2.45) is 5.92 Å². The lowest BCUT2D eigenvalue weighted by molar-refractivity contribution is 0.310. The number of rotatable bonds is 2. The maximum Gasteiger partial charge on any atom is 0.259 e. The van der Waals surface area contributed by atoms with Crippen LogP contribution in [0.5, 0.6) is 0 Å². The lowest BCUT2D eigenvalue weighted by Crippen LogP contribution is -2.27. The minimum atomic E-state index is -2.91. The minimum absolute atomic E-state index is 0.0641. The Hall–Kier alpha value is -1.25. The van der Waals surface area contributed by atoms with E-state index in [1.807, 2.05) is 12.3 Å². The predicted molar refractivity (Wildman–Crippen MR) is 85.0 cm³/mol. The van der Waals surface area contributed by atoms with Gasteiger partial charge in [0.25, 0.3) is 5.56 Å². The quantitative estimate of drug-likeness (QED) is 0.805. The molecule has 2 atom stereocenters. The Balaban J connectivity index is 1.59. The van der Waals surface area contributed by atoms with Crippen LogP contribution in [-0.4, -0.2) is 46.8 Å². The number of aromatic nitrogens is 2. The molecule has 4 rings (SSSR count). The van der Waals surface area contributed by atoms with Crippen molar-refractivity contribution in [2.75, 3.05) is 18.8 Å². The van der Waals surface area contributed by atoms with E-state index in [0.717, 1.165) is 24.4 Å². The molecule has 0 N–H and O–H groups in total. The summed E-state index contributed by atoms with van der Waals surface area (Å²) in [5.74, 6) is 0.578. The molecule has 118 valence electrons. The second kappa shape index (κ2) is 4.87. The first-order valence-corrected chi connectivity index (χ1v) is 9.94. The van der Waals surface area contributed by atoms with Crippen LogP contribution >= 0.6 is 11.3 Å². The van der Waals surface area contributed by atoms with E-state index < -0.39 is 9.84 Å². The van der Waals surface area contributed by atoms with Crippen LogP contribution in [0.4, 0.5) is 0 Å². The number of hydrogen-bond acceptors (Lipinski definition) is 6. The number of aryl methyl sites for hydroxylation is 1. The highest BCUT2D eigenvalue weighted by Gasteiger charge is 2.46. The Kier molecular flexibility index (Phi) is 3.18. The zero-order chi connectivity index (χ0) is 15.5.